The number of rotatable bonds is 4. The van der Waals surface area contributed by atoms with Gasteiger partial charge < -0.3 is 14.9 Å². The summed E-state index contributed by atoms with van der Waals surface area (Å²) >= 11 is 0. The molecule has 170 valence electrons. The third-order valence-corrected chi connectivity index (χ3v) is 7.83. The molecule has 1 aromatic carbocycles. The van der Waals surface area contributed by atoms with Crippen molar-refractivity contribution in [2.24, 2.45) is 5.41 Å². The predicted molar refractivity (Wildman–Crippen MR) is 120 cm³/mol. The third-order valence-electron chi connectivity index (χ3n) is 7.83. The SMILES string of the molecule is CN(C(=O)CN1CCC[C@@]2(C[C@@H](O)[C@H](c3ccccc3)N(C)C2=O)C1)C1CCCCC1. The molecule has 3 fully saturated rings. The van der Waals surface area contributed by atoms with Crippen LogP contribution < -0.4 is 0 Å². The molecule has 4 rings (SSSR count). The van der Waals surface area contributed by atoms with Gasteiger partial charge in [0.2, 0.25) is 11.8 Å². The van der Waals surface area contributed by atoms with Crippen LogP contribution in [-0.2, 0) is 9.59 Å². The van der Waals surface area contributed by atoms with Crippen LogP contribution in [0.15, 0.2) is 30.3 Å². The highest BCUT2D eigenvalue weighted by molar-refractivity contribution is 5.85. The topological polar surface area (TPSA) is 64.1 Å². The van der Waals surface area contributed by atoms with E-state index in [0.29, 0.717) is 25.6 Å². The second kappa shape index (κ2) is 9.29. The van der Waals surface area contributed by atoms with Crippen molar-refractivity contribution in [1.29, 1.82) is 0 Å². The molecule has 2 heterocycles. The number of hydrogen-bond acceptors (Lipinski definition) is 4. The highest BCUT2D eigenvalue weighted by Gasteiger charge is 2.52. The lowest BCUT2D eigenvalue weighted by Crippen LogP contribution is -2.60. The first kappa shape index (κ1) is 22.3. The number of hydrogen-bond donors (Lipinski definition) is 1. The van der Waals surface area contributed by atoms with Crippen LogP contribution in [0.3, 0.4) is 0 Å². The number of aliphatic hydroxyl groups is 1. The Labute approximate surface area is 186 Å². The lowest BCUT2D eigenvalue weighted by Gasteiger charge is -2.51. The van der Waals surface area contributed by atoms with Crippen LogP contribution in [0.1, 0.15) is 63.0 Å². The maximum absolute atomic E-state index is 13.5. The molecular formula is C25H37N3O3. The fraction of sp³-hybridized carbons (Fsp3) is 0.680. The van der Waals surface area contributed by atoms with Gasteiger partial charge in [0, 0.05) is 26.7 Å². The number of likely N-dealkylation sites (tertiary alicyclic amines) is 2. The Morgan fingerprint density at radius 2 is 1.87 bits per heavy atom. The van der Waals surface area contributed by atoms with E-state index in [-0.39, 0.29) is 17.9 Å². The van der Waals surface area contributed by atoms with Crippen LogP contribution in [-0.4, -0.2) is 77.5 Å². The summed E-state index contributed by atoms with van der Waals surface area (Å²) in [5.74, 6) is 0.257. The maximum atomic E-state index is 13.5. The van der Waals surface area contributed by atoms with Gasteiger partial charge in [-0.1, -0.05) is 49.6 Å². The fourth-order valence-electron chi connectivity index (χ4n) is 6.13. The van der Waals surface area contributed by atoms with Crippen molar-refractivity contribution in [3.63, 3.8) is 0 Å². The Bertz CT molecular complexity index is 779. The molecule has 1 aliphatic carbocycles. The molecule has 0 unspecified atom stereocenters. The number of amides is 2. The normalized spacial score (nSPS) is 30.5. The van der Waals surface area contributed by atoms with Gasteiger partial charge in [0.25, 0.3) is 0 Å². The van der Waals surface area contributed by atoms with Gasteiger partial charge in [0.1, 0.15) is 0 Å². The Balaban J connectivity index is 1.43. The van der Waals surface area contributed by atoms with Gasteiger partial charge in [-0.2, -0.15) is 0 Å². The van der Waals surface area contributed by atoms with E-state index in [2.05, 4.69) is 4.90 Å². The summed E-state index contributed by atoms with van der Waals surface area (Å²) in [6, 6.07) is 9.83. The van der Waals surface area contributed by atoms with Crippen LogP contribution in [0.2, 0.25) is 0 Å². The van der Waals surface area contributed by atoms with Crippen molar-refractivity contribution in [3.8, 4) is 0 Å². The van der Waals surface area contributed by atoms with Crippen molar-refractivity contribution in [1.82, 2.24) is 14.7 Å². The highest BCUT2D eigenvalue weighted by atomic mass is 16.3. The molecule has 0 bridgehead atoms. The van der Waals surface area contributed by atoms with Gasteiger partial charge in [-0.15, -0.1) is 0 Å². The Morgan fingerprint density at radius 3 is 2.58 bits per heavy atom. The standard InChI is InChI=1S/C25H37N3O3/c1-26(20-12-7-4-8-13-20)22(30)17-28-15-9-14-25(18-28)16-21(29)23(27(2)24(25)31)19-10-5-3-6-11-19/h3,5-6,10-11,20-21,23,29H,4,7-9,12-18H2,1-2H3/t21-,23+,25-/m1/s1. The molecule has 1 N–H and O–H groups in total. The quantitative estimate of drug-likeness (QED) is 0.803. The molecule has 1 saturated carbocycles. The molecule has 0 radical (unpaired) electrons. The predicted octanol–water partition coefficient (Wildman–Crippen LogP) is 2.82. The smallest absolute Gasteiger partial charge is 0.236 e. The van der Waals surface area contributed by atoms with Crippen molar-refractivity contribution in [2.45, 2.75) is 69.6 Å². The summed E-state index contributed by atoms with van der Waals surface area (Å²) in [7, 11) is 3.75. The van der Waals surface area contributed by atoms with Crippen LogP contribution in [0.4, 0.5) is 0 Å². The number of benzene rings is 1. The molecule has 31 heavy (non-hydrogen) atoms. The summed E-state index contributed by atoms with van der Waals surface area (Å²) in [6.45, 7) is 1.75. The molecule has 3 atom stereocenters. The van der Waals surface area contributed by atoms with Gasteiger partial charge in [-0.25, -0.2) is 0 Å². The van der Waals surface area contributed by atoms with E-state index in [4.69, 9.17) is 0 Å². The Kier molecular flexibility index (Phi) is 6.68. The summed E-state index contributed by atoms with van der Waals surface area (Å²) in [5.41, 5.74) is 0.374. The summed E-state index contributed by atoms with van der Waals surface area (Å²) < 4.78 is 0. The van der Waals surface area contributed by atoms with Gasteiger partial charge in [-0.05, 0) is 44.2 Å². The molecule has 2 saturated heterocycles. The number of carbonyl (C=O) groups is 2. The average Bonchev–Trinajstić information content (AvgIpc) is 2.78. The van der Waals surface area contributed by atoms with Gasteiger partial charge >= 0.3 is 0 Å². The number of aliphatic hydroxyl groups excluding tert-OH is 1. The van der Waals surface area contributed by atoms with E-state index < -0.39 is 11.5 Å². The molecule has 6 nitrogen and oxygen atoms in total. The molecule has 1 spiro atoms. The van der Waals surface area contributed by atoms with Crippen LogP contribution in [0.5, 0.6) is 0 Å². The van der Waals surface area contributed by atoms with Crippen molar-refractivity contribution < 1.29 is 14.7 Å². The fourth-order valence-corrected chi connectivity index (χ4v) is 6.13. The first-order valence-electron chi connectivity index (χ1n) is 11.9. The molecule has 3 aliphatic rings. The lowest BCUT2D eigenvalue weighted by molar-refractivity contribution is -0.163. The zero-order valence-corrected chi connectivity index (χ0v) is 19.0. The number of nitrogens with zero attached hydrogens (tertiary/aromatic N) is 3. The monoisotopic (exact) mass is 427 g/mol. The molecule has 1 aromatic rings. The number of piperidine rings is 2. The van der Waals surface area contributed by atoms with E-state index in [9.17, 15) is 14.7 Å². The van der Waals surface area contributed by atoms with Crippen molar-refractivity contribution in [3.05, 3.63) is 35.9 Å². The third kappa shape index (κ3) is 4.51. The van der Waals surface area contributed by atoms with Crippen LogP contribution >= 0.6 is 0 Å². The van der Waals surface area contributed by atoms with E-state index in [1.165, 1.54) is 19.3 Å². The summed E-state index contributed by atoms with van der Waals surface area (Å²) in [5, 5.41) is 11.1. The lowest BCUT2D eigenvalue weighted by atomic mass is 9.69. The minimum atomic E-state index is -0.606. The Hall–Kier alpha value is -1.92. The second-order valence-corrected chi connectivity index (χ2v) is 9.93. The average molecular weight is 428 g/mol. The second-order valence-electron chi connectivity index (χ2n) is 9.93. The molecule has 6 heteroatoms. The largest absolute Gasteiger partial charge is 0.391 e. The molecule has 2 amide bonds. The summed E-state index contributed by atoms with van der Waals surface area (Å²) in [4.78, 5) is 32.3. The van der Waals surface area contributed by atoms with E-state index in [1.807, 2.05) is 49.3 Å². The highest BCUT2D eigenvalue weighted by Crippen LogP contribution is 2.45. The first-order chi connectivity index (χ1) is 14.9. The van der Waals surface area contributed by atoms with E-state index in [1.54, 1.807) is 4.90 Å². The first-order valence-corrected chi connectivity index (χ1v) is 11.9. The van der Waals surface area contributed by atoms with E-state index >= 15 is 0 Å². The minimum absolute atomic E-state index is 0.101. The molecular weight excluding hydrogens is 390 g/mol. The van der Waals surface area contributed by atoms with Gasteiger partial charge in [0.05, 0.1) is 24.1 Å². The van der Waals surface area contributed by atoms with Crippen molar-refractivity contribution in [2.75, 3.05) is 33.7 Å². The number of likely N-dealkylation sites (N-methyl/N-ethyl adjacent to an activating group) is 2. The zero-order valence-electron chi connectivity index (χ0n) is 19.0. The van der Waals surface area contributed by atoms with Gasteiger partial charge in [-0.3, -0.25) is 14.5 Å². The molecule has 2 aliphatic heterocycles. The zero-order chi connectivity index (χ0) is 22.0. The van der Waals surface area contributed by atoms with E-state index in [0.717, 1.165) is 37.8 Å². The molecule has 0 aromatic heterocycles. The number of carbonyl (C=O) groups excluding carboxylic acids is 2. The summed E-state index contributed by atoms with van der Waals surface area (Å²) in [6.07, 6.45) is 7.39. The van der Waals surface area contributed by atoms with Crippen LogP contribution in [0.25, 0.3) is 0 Å². The maximum Gasteiger partial charge on any atom is 0.236 e. The van der Waals surface area contributed by atoms with Crippen LogP contribution in [0, 0.1) is 5.41 Å². The van der Waals surface area contributed by atoms with Gasteiger partial charge in [0.15, 0.2) is 0 Å². The van der Waals surface area contributed by atoms with Crippen molar-refractivity contribution >= 4 is 11.8 Å². The Morgan fingerprint density at radius 1 is 1.16 bits per heavy atom. The minimum Gasteiger partial charge on any atom is -0.391 e.